The molecule has 0 aliphatic rings. The van der Waals surface area contributed by atoms with Gasteiger partial charge in [0, 0.05) is 23.0 Å². The maximum absolute atomic E-state index is 12.5. The van der Waals surface area contributed by atoms with E-state index in [4.69, 9.17) is 0 Å². The van der Waals surface area contributed by atoms with E-state index in [1.807, 2.05) is 55.5 Å². The number of rotatable bonds is 6. The number of nitrogens with zero attached hydrogens (tertiary/aromatic N) is 1. The Morgan fingerprint density at radius 2 is 1.76 bits per heavy atom. The molecule has 0 fully saturated rings. The van der Waals surface area contributed by atoms with Crippen LogP contribution in [0.1, 0.15) is 25.3 Å². The van der Waals surface area contributed by atoms with Gasteiger partial charge in [-0.1, -0.05) is 55.5 Å². The van der Waals surface area contributed by atoms with E-state index in [-0.39, 0.29) is 11.2 Å². The molecule has 1 aromatic heterocycles. The molecule has 2 aromatic carbocycles. The van der Waals surface area contributed by atoms with Gasteiger partial charge in [-0.3, -0.25) is 9.78 Å². The van der Waals surface area contributed by atoms with E-state index in [1.165, 1.54) is 5.56 Å². The lowest BCUT2D eigenvalue weighted by Crippen LogP contribution is -2.33. The average molecular weight is 350 g/mol. The SMILES string of the molecule is CC(Sc1ccnc2ccccc12)C(=O)NCC(C)c1ccccc1. The molecule has 25 heavy (non-hydrogen) atoms. The number of para-hydroxylation sites is 1. The molecule has 0 aliphatic carbocycles. The maximum atomic E-state index is 12.5. The van der Waals surface area contributed by atoms with Gasteiger partial charge in [-0.15, -0.1) is 11.8 Å². The second kappa shape index (κ2) is 8.17. The van der Waals surface area contributed by atoms with Crippen LogP contribution in [0.4, 0.5) is 0 Å². The van der Waals surface area contributed by atoms with Crippen LogP contribution >= 0.6 is 11.8 Å². The van der Waals surface area contributed by atoms with Crippen molar-refractivity contribution >= 4 is 28.6 Å². The Balaban J connectivity index is 1.61. The molecule has 3 aromatic rings. The molecule has 0 saturated heterocycles. The molecule has 4 heteroatoms. The zero-order valence-corrected chi connectivity index (χ0v) is 15.3. The van der Waals surface area contributed by atoms with Gasteiger partial charge >= 0.3 is 0 Å². The third-order valence-electron chi connectivity index (χ3n) is 4.23. The van der Waals surface area contributed by atoms with Gasteiger partial charge in [-0.2, -0.15) is 0 Å². The predicted octanol–water partition coefficient (Wildman–Crippen LogP) is 4.64. The first-order valence-electron chi connectivity index (χ1n) is 8.48. The minimum absolute atomic E-state index is 0.0636. The van der Waals surface area contributed by atoms with Crippen molar-refractivity contribution in [1.29, 1.82) is 0 Å². The fraction of sp³-hybridized carbons (Fsp3) is 0.238. The first kappa shape index (κ1) is 17.5. The van der Waals surface area contributed by atoms with Crippen LogP contribution in [0.5, 0.6) is 0 Å². The Labute approximate surface area is 152 Å². The van der Waals surface area contributed by atoms with Gasteiger partial charge in [0.25, 0.3) is 0 Å². The first-order valence-corrected chi connectivity index (χ1v) is 9.36. The van der Waals surface area contributed by atoms with Crippen LogP contribution in [0, 0.1) is 0 Å². The van der Waals surface area contributed by atoms with Crippen LogP contribution in [0.3, 0.4) is 0 Å². The van der Waals surface area contributed by atoms with Gasteiger partial charge in [-0.25, -0.2) is 0 Å². The molecule has 3 rings (SSSR count). The molecule has 3 nitrogen and oxygen atoms in total. The van der Waals surface area contributed by atoms with E-state index >= 15 is 0 Å². The summed E-state index contributed by atoms with van der Waals surface area (Å²) in [5.41, 5.74) is 2.20. The van der Waals surface area contributed by atoms with Crippen molar-refractivity contribution in [3.63, 3.8) is 0 Å². The number of hydrogen-bond acceptors (Lipinski definition) is 3. The quantitative estimate of drug-likeness (QED) is 0.659. The van der Waals surface area contributed by atoms with Crippen molar-refractivity contribution in [3.05, 3.63) is 72.4 Å². The molecule has 0 radical (unpaired) electrons. The summed E-state index contributed by atoms with van der Waals surface area (Å²) in [6, 6.07) is 20.2. The topological polar surface area (TPSA) is 42.0 Å². The molecule has 2 atom stereocenters. The molecule has 0 bridgehead atoms. The predicted molar refractivity (Wildman–Crippen MR) is 105 cm³/mol. The van der Waals surface area contributed by atoms with E-state index in [2.05, 4.69) is 29.4 Å². The second-order valence-corrected chi connectivity index (χ2v) is 7.53. The molecular formula is C21H22N2OS. The number of pyridine rings is 1. The molecule has 0 saturated carbocycles. The highest BCUT2D eigenvalue weighted by Gasteiger charge is 2.16. The molecule has 2 unspecified atom stereocenters. The van der Waals surface area contributed by atoms with Gasteiger partial charge in [0.15, 0.2) is 0 Å². The van der Waals surface area contributed by atoms with Crippen molar-refractivity contribution in [2.75, 3.05) is 6.54 Å². The van der Waals surface area contributed by atoms with E-state index in [0.29, 0.717) is 12.5 Å². The van der Waals surface area contributed by atoms with E-state index in [9.17, 15) is 4.79 Å². The lowest BCUT2D eigenvalue weighted by molar-refractivity contribution is -0.120. The van der Waals surface area contributed by atoms with Crippen molar-refractivity contribution in [3.8, 4) is 0 Å². The number of carbonyl (C=O) groups excluding carboxylic acids is 1. The summed E-state index contributed by atoms with van der Waals surface area (Å²) in [6.07, 6.45) is 1.80. The smallest absolute Gasteiger partial charge is 0.233 e. The van der Waals surface area contributed by atoms with Gasteiger partial charge in [0.05, 0.1) is 10.8 Å². The van der Waals surface area contributed by atoms with Crippen LogP contribution in [0.2, 0.25) is 0 Å². The number of aromatic nitrogens is 1. The summed E-state index contributed by atoms with van der Waals surface area (Å²) in [6.45, 7) is 4.72. The van der Waals surface area contributed by atoms with Crippen LogP contribution in [-0.4, -0.2) is 22.7 Å². The van der Waals surface area contributed by atoms with Crippen molar-refractivity contribution in [1.82, 2.24) is 10.3 Å². The van der Waals surface area contributed by atoms with Gasteiger partial charge in [0.1, 0.15) is 0 Å². The van der Waals surface area contributed by atoms with Crippen molar-refractivity contribution in [2.24, 2.45) is 0 Å². The normalized spacial score (nSPS) is 13.4. The minimum Gasteiger partial charge on any atom is -0.355 e. The summed E-state index contributed by atoms with van der Waals surface area (Å²) in [5.74, 6) is 0.359. The summed E-state index contributed by atoms with van der Waals surface area (Å²) in [5, 5.41) is 4.01. The highest BCUT2D eigenvalue weighted by atomic mass is 32.2. The largest absolute Gasteiger partial charge is 0.355 e. The molecule has 1 amide bonds. The number of hydrogen-bond donors (Lipinski definition) is 1. The first-order chi connectivity index (χ1) is 12.1. The second-order valence-electron chi connectivity index (χ2n) is 6.14. The molecule has 128 valence electrons. The van der Waals surface area contributed by atoms with E-state index < -0.39 is 0 Å². The molecular weight excluding hydrogens is 328 g/mol. The third kappa shape index (κ3) is 4.40. The number of amides is 1. The van der Waals surface area contributed by atoms with Gasteiger partial charge in [0.2, 0.25) is 5.91 Å². The summed E-state index contributed by atoms with van der Waals surface area (Å²) in [4.78, 5) is 17.9. The molecule has 1 N–H and O–H groups in total. The van der Waals surface area contributed by atoms with E-state index in [0.717, 1.165) is 15.8 Å². The van der Waals surface area contributed by atoms with Crippen molar-refractivity contribution in [2.45, 2.75) is 29.9 Å². The number of carbonyl (C=O) groups is 1. The van der Waals surface area contributed by atoms with Gasteiger partial charge in [-0.05, 0) is 30.5 Å². The lowest BCUT2D eigenvalue weighted by atomic mass is 10.0. The number of thioether (sulfide) groups is 1. The number of benzene rings is 2. The summed E-state index contributed by atoms with van der Waals surface area (Å²) >= 11 is 1.58. The Morgan fingerprint density at radius 1 is 1.04 bits per heavy atom. The number of nitrogens with one attached hydrogen (secondary N) is 1. The highest BCUT2D eigenvalue weighted by molar-refractivity contribution is 8.00. The third-order valence-corrected chi connectivity index (χ3v) is 5.41. The van der Waals surface area contributed by atoms with E-state index in [1.54, 1.807) is 18.0 Å². The van der Waals surface area contributed by atoms with Gasteiger partial charge < -0.3 is 5.32 Å². The minimum atomic E-state index is -0.159. The fourth-order valence-electron chi connectivity index (χ4n) is 2.71. The zero-order valence-electron chi connectivity index (χ0n) is 14.5. The van der Waals surface area contributed by atoms with Crippen molar-refractivity contribution < 1.29 is 4.79 Å². The average Bonchev–Trinajstić information content (AvgIpc) is 2.66. The Kier molecular flexibility index (Phi) is 5.71. The Bertz CT molecular complexity index is 845. The van der Waals surface area contributed by atoms with Crippen LogP contribution in [0.15, 0.2) is 71.8 Å². The summed E-state index contributed by atoms with van der Waals surface area (Å²) in [7, 11) is 0. The van der Waals surface area contributed by atoms with Crippen LogP contribution in [0.25, 0.3) is 10.9 Å². The Morgan fingerprint density at radius 3 is 2.56 bits per heavy atom. The van der Waals surface area contributed by atoms with Crippen LogP contribution < -0.4 is 5.32 Å². The highest BCUT2D eigenvalue weighted by Crippen LogP contribution is 2.29. The lowest BCUT2D eigenvalue weighted by Gasteiger charge is -2.16. The number of fused-ring (bicyclic) bond motifs is 1. The monoisotopic (exact) mass is 350 g/mol. The van der Waals surface area contributed by atoms with Crippen LogP contribution in [-0.2, 0) is 4.79 Å². The summed E-state index contributed by atoms with van der Waals surface area (Å²) < 4.78 is 0. The molecule has 1 heterocycles. The Hall–Kier alpha value is -2.33. The fourth-order valence-corrected chi connectivity index (χ4v) is 3.72. The standard InChI is InChI=1S/C21H22N2OS/c1-15(17-8-4-3-5-9-17)14-23-21(24)16(2)25-20-12-13-22-19-11-7-6-10-18(19)20/h3-13,15-16H,14H2,1-2H3,(H,23,24). The molecule has 0 spiro atoms. The zero-order chi connectivity index (χ0) is 17.6. The molecule has 0 aliphatic heterocycles. The maximum Gasteiger partial charge on any atom is 0.233 e.